The van der Waals surface area contributed by atoms with Gasteiger partial charge in [-0.05, 0) is 24.1 Å². The van der Waals surface area contributed by atoms with Crippen molar-refractivity contribution in [3.05, 3.63) is 29.6 Å². The van der Waals surface area contributed by atoms with Gasteiger partial charge in [-0.3, -0.25) is 0 Å². The van der Waals surface area contributed by atoms with Gasteiger partial charge in [0.25, 0.3) is 5.89 Å². The van der Waals surface area contributed by atoms with Crippen LogP contribution in [0.1, 0.15) is 25.2 Å². The lowest BCUT2D eigenvalue weighted by atomic mass is 10.1. The Morgan fingerprint density at radius 3 is 2.55 bits per heavy atom. The molecule has 4 nitrogen and oxygen atoms in total. The third-order valence-corrected chi connectivity index (χ3v) is 2.67. The van der Waals surface area contributed by atoms with Crippen LogP contribution in [0.15, 0.2) is 22.7 Å². The van der Waals surface area contributed by atoms with Gasteiger partial charge >= 0.3 is 6.18 Å². The summed E-state index contributed by atoms with van der Waals surface area (Å²) in [6.07, 6.45) is -3.80. The number of alkyl halides is 3. The molecule has 20 heavy (non-hydrogen) atoms. The van der Waals surface area contributed by atoms with Gasteiger partial charge < -0.3 is 10.3 Å². The maximum atomic E-state index is 12.5. The van der Waals surface area contributed by atoms with Crippen molar-refractivity contribution in [2.45, 2.75) is 26.4 Å². The van der Waals surface area contributed by atoms with Crippen molar-refractivity contribution >= 4 is 5.69 Å². The molecule has 0 aliphatic carbocycles. The Balaban J connectivity index is 2.31. The van der Waals surface area contributed by atoms with Crippen LogP contribution in [0.25, 0.3) is 11.5 Å². The molecule has 0 fully saturated rings. The van der Waals surface area contributed by atoms with Gasteiger partial charge in [-0.15, -0.1) is 0 Å². The molecule has 2 rings (SSSR count). The standard InChI is InChI=1S/C13H14F3N3O/c1-7(2)5-11-18-12(20-19-11)9-4-3-8(6-10(9)17)13(14,15)16/h3-4,6-7H,5,17H2,1-2H3. The van der Waals surface area contributed by atoms with Crippen LogP contribution in [0, 0.1) is 5.92 Å². The summed E-state index contributed by atoms with van der Waals surface area (Å²) in [4.78, 5) is 4.13. The molecule has 0 bridgehead atoms. The maximum Gasteiger partial charge on any atom is 0.416 e. The summed E-state index contributed by atoms with van der Waals surface area (Å²) in [6.45, 7) is 4.00. The summed E-state index contributed by atoms with van der Waals surface area (Å²) in [5, 5.41) is 3.78. The largest absolute Gasteiger partial charge is 0.416 e. The topological polar surface area (TPSA) is 64.9 Å². The number of benzene rings is 1. The molecule has 0 aliphatic heterocycles. The van der Waals surface area contributed by atoms with Gasteiger partial charge in [0.15, 0.2) is 5.82 Å². The molecule has 1 aromatic heterocycles. The third kappa shape index (κ3) is 3.09. The number of rotatable bonds is 3. The van der Waals surface area contributed by atoms with Crippen LogP contribution < -0.4 is 5.73 Å². The smallest absolute Gasteiger partial charge is 0.398 e. The third-order valence-electron chi connectivity index (χ3n) is 2.67. The van der Waals surface area contributed by atoms with E-state index in [0.29, 0.717) is 23.7 Å². The molecule has 0 atom stereocenters. The van der Waals surface area contributed by atoms with Crippen molar-refractivity contribution in [2.24, 2.45) is 5.92 Å². The second-order valence-electron chi connectivity index (χ2n) is 4.91. The highest BCUT2D eigenvalue weighted by Gasteiger charge is 2.31. The zero-order valence-corrected chi connectivity index (χ0v) is 11.0. The van der Waals surface area contributed by atoms with Crippen LogP contribution in [0.2, 0.25) is 0 Å². The second kappa shape index (κ2) is 5.15. The SMILES string of the molecule is CC(C)Cc1noc(-c2ccc(C(F)(F)F)cc2N)n1. The molecule has 0 saturated carbocycles. The van der Waals surface area contributed by atoms with Crippen molar-refractivity contribution in [3.63, 3.8) is 0 Å². The average Bonchev–Trinajstić information content (AvgIpc) is 2.75. The van der Waals surface area contributed by atoms with Crippen LogP contribution >= 0.6 is 0 Å². The van der Waals surface area contributed by atoms with Gasteiger partial charge in [-0.2, -0.15) is 18.2 Å². The van der Waals surface area contributed by atoms with Crippen LogP contribution in [0.3, 0.4) is 0 Å². The molecule has 7 heteroatoms. The molecule has 2 N–H and O–H groups in total. The summed E-state index contributed by atoms with van der Waals surface area (Å²) in [7, 11) is 0. The highest BCUT2D eigenvalue weighted by atomic mass is 19.4. The number of hydrogen-bond acceptors (Lipinski definition) is 4. The van der Waals surface area contributed by atoms with E-state index in [-0.39, 0.29) is 11.6 Å². The Bertz CT molecular complexity index is 605. The van der Waals surface area contributed by atoms with E-state index in [9.17, 15) is 13.2 Å². The first-order valence-electron chi connectivity index (χ1n) is 6.07. The van der Waals surface area contributed by atoms with E-state index in [1.165, 1.54) is 6.07 Å². The molecule has 0 aliphatic rings. The van der Waals surface area contributed by atoms with Crippen LogP contribution in [-0.2, 0) is 12.6 Å². The Morgan fingerprint density at radius 1 is 1.30 bits per heavy atom. The van der Waals surface area contributed by atoms with Crippen LogP contribution in [-0.4, -0.2) is 10.1 Å². The van der Waals surface area contributed by atoms with E-state index in [2.05, 4.69) is 10.1 Å². The number of anilines is 1. The number of aromatic nitrogens is 2. The molecule has 2 aromatic rings. The van der Waals surface area contributed by atoms with Crippen LogP contribution in [0.5, 0.6) is 0 Å². The minimum atomic E-state index is -4.43. The van der Waals surface area contributed by atoms with E-state index in [1.807, 2.05) is 13.8 Å². The minimum Gasteiger partial charge on any atom is -0.398 e. The second-order valence-corrected chi connectivity index (χ2v) is 4.91. The van der Waals surface area contributed by atoms with Crippen molar-refractivity contribution in [1.82, 2.24) is 10.1 Å². The molecule has 0 unspecified atom stereocenters. The van der Waals surface area contributed by atoms with Gasteiger partial charge in [0.1, 0.15) is 0 Å². The Hall–Kier alpha value is -2.05. The molecule has 0 radical (unpaired) electrons. The highest BCUT2D eigenvalue weighted by molar-refractivity contribution is 5.71. The minimum absolute atomic E-state index is 0.0421. The predicted molar refractivity (Wildman–Crippen MR) is 67.7 cm³/mol. The fourth-order valence-corrected chi connectivity index (χ4v) is 1.75. The van der Waals surface area contributed by atoms with Gasteiger partial charge in [0.2, 0.25) is 0 Å². The lowest BCUT2D eigenvalue weighted by Crippen LogP contribution is -2.06. The number of hydrogen-bond donors (Lipinski definition) is 1. The van der Waals surface area contributed by atoms with E-state index >= 15 is 0 Å². The van der Waals surface area contributed by atoms with E-state index in [0.717, 1.165) is 12.1 Å². The molecule has 0 spiro atoms. The van der Waals surface area contributed by atoms with Gasteiger partial charge in [-0.25, -0.2) is 0 Å². The van der Waals surface area contributed by atoms with Crippen molar-refractivity contribution < 1.29 is 17.7 Å². The maximum absolute atomic E-state index is 12.5. The van der Waals surface area contributed by atoms with Crippen LogP contribution in [0.4, 0.5) is 18.9 Å². The molecule has 1 heterocycles. The molecule has 1 aromatic carbocycles. The first-order chi connectivity index (χ1) is 9.27. The summed E-state index contributed by atoms with van der Waals surface area (Å²) < 4.78 is 42.7. The lowest BCUT2D eigenvalue weighted by molar-refractivity contribution is -0.137. The molecular weight excluding hydrogens is 271 g/mol. The molecule has 0 amide bonds. The quantitative estimate of drug-likeness (QED) is 0.876. The Labute approximate surface area is 113 Å². The fraction of sp³-hybridized carbons (Fsp3) is 0.385. The number of nitrogens with zero attached hydrogens (tertiary/aromatic N) is 2. The van der Waals surface area contributed by atoms with E-state index in [4.69, 9.17) is 10.3 Å². The highest BCUT2D eigenvalue weighted by Crippen LogP contribution is 2.34. The summed E-state index contributed by atoms with van der Waals surface area (Å²) in [6, 6.07) is 3.05. The van der Waals surface area contributed by atoms with Gasteiger partial charge in [0, 0.05) is 12.1 Å². The van der Waals surface area contributed by atoms with Gasteiger partial charge in [-0.1, -0.05) is 19.0 Å². The molecular formula is C13H14F3N3O. The van der Waals surface area contributed by atoms with Crippen molar-refractivity contribution in [3.8, 4) is 11.5 Å². The van der Waals surface area contributed by atoms with Crippen molar-refractivity contribution in [1.29, 1.82) is 0 Å². The van der Waals surface area contributed by atoms with E-state index in [1.54, 1.807) is 0 Å². The van der Waals surface area contributed by atoms with Gasteiger partial charge in [0.05, 0.1) is 11.1 Å². The number of nitrogen functional groups attached to an aromatic ring is 1. The summed E-state index contributed by atoms with van der Waals surface area (Å²) in [5.74, 6) is 0.992. The average molecular weight is 285 g/mol. The summed E-state index contributed by atoms with van der Waals surface area (Å²) >= 11 is 0. The zero-order chi connectivity index (χ0) is 14.9. The molecule has 108 valence electrons. The van der Waals surface area contributed by atoms with Crippen molar-refractivity contribution in [2.75, 3.05) is 5.73 Å². The zero-order valence-electron chi connectivity index (χ0n) is 11.0. The summed E-state index contributed by atoms with van der Waals surface area (Å²) in [5.41, 5.74) is 5.09. The molecule has 0 saturated heterocycles. The van der Waals surface area contributed by atoms with E-state index < -0.39 is 11.7 Å². The first kappa shape index (κ1) is 14.4. The monoisotopic (exact) mass is 285 g/mol. The lowest BCUT2D eigenvalue weighted by Gasteiger charge is -2.08. The fourth-order valence-electron chi connectivity index (χ4n) is 1.75. The number of nitrogens with two attached hydrogens (primary N) is 1. The Morgan fingerprint density at radius 2 is 2.00 bits per heavy atom. The predicted octanol–water partition coefficient (Wildman–Crippen LogP) is 3.54. The normalized spacial score (nSPS) is 12.1. The first-order valence-corrected chi connectivity index (χ1v) is 6.07. The Kier molecular flexibility index (Phi) is 3.69. The number of halogens is 3.